The monoisotopic (exact) mass is 303 g/mol. The zero-order valence-corrected chi connectivity index (χ0v) is 11.9. The number of hydrogen-bond donors (Lipinski definition) is 1. The van der Waals surface area contributed by atoms with E-state index >= 15 is 0 Å². The zero-order valence-electron chi connectivity index (χ0n) is 11.9. The molecule has 0 unspecified atom stereocenters. The number of methoxy groups -OCH3 is 1. The molecule has 0 saturated heterocycles. The molecule has 0 bridgehead atoms. The smallest absolute Gasteiger partial charge is 0.305 e. The predicted octanol–water partition coefficient (Wildman–Crippen LogP) is 2.07. The number of alkyl halides is 1. The summed E-state index contributed by atoms with van der Waals surface area (Å²) in [5.41, 5.74) is 0.826. The molecule has 0 spiro atoms. The fourth-order valence-electron chi connectivity index (χ4n) is 2.19. The maximum Gasteiger partial charge on any atom is 0.305 e. The van der Waals surface area contributed by atoms with Crippen LogP contribution in [0.1, 0.15) is 0 Å². The molecule has 0 radical (unpaired) electrons. The highest BCUT2D eigenvalue weighted by atomic mass is 19.1. The SMILES string of the molecule is COc1nc2[nH]ccc2c(=O)n1-c1ccc(OCCF)cc1. The van der Waals surface area contributed by atoms with Crippen LogP contribution in [0.4, 0.5) is 4.39 Å². The van der Waals surface area contributed by atoms with E-state index in [0.717, 1.165) is 0 Å². The molecule has 2 aromatic heterocycles. The molecule has 22 heavy (non-hydrogen) atoms. The van der Waals surface area contributed by atoms with E-state index in [0.29, 0.717) is 22.5 Å². The topological polar surface area (TPSA) is 69.1 Å². The quantitative estimate of drug-likeness (QED) is 0.783. The summed E-state index contributed by atoms with van der Waals surface area (Å²) < 4.78 is 23.8. The van der Waals surface area contributed by atoms with E-state index < -0.39 is 6.67 Å². The van der Waals surface area contributed by atoms with E-state index in [4.69, 9.17) is 9.47 Å². The Labute approximate surface area is 125 Å². The van der Waals surface area contributed by atoms with Crippen molar-refractivity contribution in [3.63, 3.8) is 0 Å². The fourth-order valence-corrected chi connectivity index (χ4v) is 2.19. The van der Waals surface area contributed by atoms with Crippen molar-refractivity contribution in [1.82, 2.24) is 14.5 Å². The maximum absolute atomic E-state index is 12.6. The van der Waals surface area contributed by atoms with Gasteiger partial charge in [-0.15, -0.1) is 0 Å². The van der Waals surface area contributed by atoms with E-state index in [1.54, 1.807) is 36.5 Å². The molecule has 3 aromatic rings. The molecule has 1 aromatic carbocycles. The molecule has 2 heterocycles. The molecule has 0 amide bonds. The Kier molecular flexibility index (Phi) is 3.78. The van der Waals surface area contributed by atoms with Gasteiger partial charge in [0.15, 0.2) is 0 Å². The van der Waals surface area contributed by atoms with Gasteiger partial charge >= 0.3 is 6.01 Å². The molecule has 1 N–H and O–H groups in total. The summed E-state index contributed by atoms with van der Waals surface area (Å²) in [6, 6.07) is 8.56. The van der Waals surface area contributed by atoms with Gasteiger partial charge in [-0.1, -0.05) is 0 Å². The van der Waals surface area contributed by atoms with Crippen LogP contribution < -0.4 is 15.0 Å². The summed E-state index contributed by atoms with van der Waals surface area (Å²) in [6.07, 6.45) is 1.65. The van der Waals surface area contributed by atoms with Gasteiger partial charge in [0.05, 0.1) is 18.2 Å². The van der Waals surface area contributed by atoms with Crippen molar-refractivity contribution in [1.29, 1.82) is 0 Å². The lowest BCUT2D eigenvalue weighted by atomic mass is 10.3. The number of ether oxygens (including phenoxy) is 2. The Morgan fingerprint density at radius 3 is 2.73 bits per heavy atom. The zero-order chi connectivity index (χ0) is 15.5. The Hall–Kier alpha value is -2.83. The second kappa shape index (κ2) is 5.88. The fraction of sp³-hybridized carbons (Fsp3) is 0.200. The van der Waals surface area contributed by atoms with Crippen LogP contribution in [0.5, 0.6) is 11.8 Å². The van der Waals surface area contributed by atoms with E-state index in [9.17, 15) is 9.18 Å². The third kappa shape index (κ3) is 2.41. The highest BCUT2D eigenvalue weighted by molar-refractivity contribution is 5.75. The molecule has 0 aliphatic heterocycles. The van der Waals surface area contributed by atoms with Crippen molar-refractivity contribution in [2.24, 2.45) is 0 Å². The number of benzene rings is 1. The summed E-state index contributed by atoms with van der Waals surface area (Å²) in [4.78, 5) is 19.7. The summed E-state index contributed by atoms with van der Waals surface area (Å²) in [6.45, 7) is -0.553. The standard InChI is InChI=1S/C15H14FN3O3/c1-21-15-18-13-12(6-8-17-13)14(20)19(15)10-2-4-11(5-3-10)22-9-7-16/h2-6,8,17H,7,9H2,1H3. The highest BCUT2D eigenvalue weighted by Gasteiger charge is 2.13. The molecule has 114 valence electrons. The van der Waals surface area contributed by atoms with Gasteiger partial charge in [0.1, 0.15) is 24.7 Å². The lowest BCUT2D eigenvalue weighted by molar-refractivity contribution is 0.273. The number of H-pyrrole nitrogens is 1. The van der Waals surface area contributed by atoms with Crippen LogP contribution in [0.2, 0.25) is 0 Å². The van der Waals surface area contributed by atoms with Gasteiger partial charge in [-0.05, 0) is 30.3 Å². The summed E-state index contributed by atoms with van der Waals surface area (Å²) in [7, 11) is 1.45. The summed E-state index contributed by atoms with van der Waals surface area (Å²) in [5.74, 6) is 0.532. The molecule has 0 aliphatic carbocycles. The Morgan fingerprint density at radius 1 is 1.27 bits per heavy atom. The van der Waals surface area contributed by atoms with Crippen molar-refractivity contribution >= 4 is 11.0 Å². The number of rotatable bonds is 5. The second-order valence-electron chi connectivity index (χ2n) is 4.51. The van der Waals surface area contributed by atoms with Gasteiger partial charge in [0.25, 0.3) is 5.56 Å². The van der Waals surface area contributed by atoms with E-state index in [1.807, 2.05) is 0 Å². The minimum absolute atomic E-state index is 0.000515. The highest BCUT2D eigenvalue weighted by Crippen LogP contribution is 2.19. The van der Waals surface area contributed by atoms with Crippen LogP contribution in [-0.4, -0.2) is 34.9 Å². The van der Waals surface area contributed by atoms with Crippen molar-refractivity contribution in [2.45, 2.75) is 0 Å². The van der Waals surface area contributed by atoms with Crippen LogP contribution in [0.3, 0.4) is 0 Å². The number of fused-ring (bicyclic) bond motifs is 1. The lowest BCUT2D eigenvalue weighted by Crippen LogP contribution is -2.21. The first kappa shape index (κ1) is 14.1. The predicted molar refractivity (Wildman–Crippen MR) is 79.7 cm³/mol. The normalized spacial score (nSPS) is 10.8. The van der Waals surface area contributed by atoms with Crippen molar-refractivity contribution in [3.8, 4) is 17.4 Å². The third-order valence-electron chi connectivity index (χ3n) is 3.18. The van der Waals surface area contributed by atoms with Crippen LogP contribution in [0, 0.1) is 0 Å². The number of nitrogens with zero attached hydrogens (tertiary/aromatic N) is 2. The van der Waals surface area contributed by atoms with Gasteiger partial charge in [-0.3, -0.25) is 4.79 Å². The maximum atomic E-state index is 12.6. The van der Waals surface area contributed by atoms with Crippen LogP contribution >= 0.6 is 0 Å². The van der Waals surface area contributed by atoms with E-state index in [2.05, 4.69) is 9.97 Å². The number of aromatic amines is 1. The van der Waals surface area contributed by atoms with Gasteiger partial charge in [0.2, 0.25) is 0 Å². The number of halogens is 1. The Morgan fingerprint density at radius 2 is 2.05 bits per heavy atom. The second-order valence-corrected chi connectivity index (χ2v) is 4.51. The molecule has 7 heteroatoms. The Balaban J connectivity index is 2.08. The summed E-state index contributed by atoms with van der Waals surface area (Å²) >= 11 is 0. The number of nitrogens with one attached hydrogen (secondary N) is 1. The summed E-state index contributed by atoms with van der Waals surface area (Å²) in [5, 5.41) is 0.471. The van der Waals surface area contributed by atoms with Gasteiger partial charge in [0, 0.05) is 6.20 Å². The van der Waals surface area contributed by atoms with Crippen LogP contribution in [0.25, 0.3) is 16.7 Å². The molecule has 0 aliphatic rings. The van der Waals surface area contributed by atoms with Crippen LogP contribution in [-0.2, 0) is 0 Å². The first-order valence-corrected chi connectivity index (χ1v) is 6.68. The first-order chi connectivity index (χ1) is 10.7. The molecule has 0 atom stereocenters. The molecule has 3 rings (SSSR count). The average molecular weight is 303 g/mol. The molecular weight excluding hydrogens is 289 g/mol. The van der Waals surface area contributed by atoms with Crippen LogP contribution in [0.15, 0.2) is 41.3 Å². The van der Waals surface area contributed by atoms with Gasteiger partial charge in [-0.25, -0.2) is 8.96 Å². The van der Waals surface area contributed by atoms with Crippen molar-refractivity contribution in [2.75, 3.05) is 20.4 Å². The minimum atomic E-state index is -0.552. The number of hydrogen-bond acceptors (Lipinski definition) is 4. The van der Waals surface area contributed by atoms with E-state index in [-0.39, 0.29) is 18.2 Å². The van der Waals surface area contributed by atoms with Crippen molar-refractivity contribution < 1.29 is 13.9 Å². The lowest BCUT2D eigenvalue weighted by Gasteiger charge is -2.11. The average Bonchev–Trinajstić information content (AvgIpc) is 3.02. The van der Waals surface area contributed by atoms with Gasteiger partial charge in [-0.2, -0.15) is 4.98 Å². The molecule has 0 saturated carbocycles. The minimum Gasteiger partial charge on any atom is -0.491 e. The van der Waals surface area contributed by atoms with E-state index in [1.165, 1.54) is 11.7 Å². The van der Waals surface area contributed by atoms with Gasteiger partial charge < -0.3 is 14.5 Å². The third-order valence-corrected chi connectivity index (χ3v) is 3.18. The largest absolute Gasteiger partial charge is 0.491 e. The molecule has 0 fully saturated rings. The van der Waals surface area contributed by atoms with Crippen molar-refractivity contribution in [3.05, 3.63) is 46.9 Å². The molecular formula is C15H14FN3O3. The number of aromatic nitrogens is 3. The molecule has 6 nitrogen and oxygen atoms in total. The Bertz CT molecular complexity index is 839. The first-order valence-electron chi connectivity index (χ1n) is 6.68.